The van der Waals surface area contributed by atoms with Gasteiger partial charge in [-0.05, 0) is 30.3 Å². The number of rotatable bonds is 2. The fourth-order valence-electron chi connectivity index (χ4n) is 1.51. The minimum absolute atomic E-state index is 0.00822. The van der Waals surface area contributed by atoms with E-state index in [1.165, 1.54) is 18.2 Å². The van der Waals surface area contributed by atoms with E-state index in [1.807, 2.05) is 0 Å². The van der Waals surface area contributed by atoms with Gasteiger partial charge in [0.1, 0.15) is 11.3 Å². The maximum atomic E-state index is 12.8. The highest BCUT2D eigenvalue weighted by Crippen LogP contribution is 2.44. The molecular weight excluding hydrogens is 316 g/mol. The molecule has 0 N–H and O–H groups in total. The third-order valence-electron chi connectivity index (χ3n) is 2.39. The molecule has 0 aliphatic heterocycles. The van der Waals surface area contributed by atoms with E-state index in [0.717, 1.165) is 18.2 Å². The zero-order chi connectivity index (χ0) is 14.9. The van der Waals surface area contributed by atoms with Gasteiger partial charge in [-0.2, -0.15) is 13.2 Å². The largest absolute Gasteiger partial charge is 0.451 e. The molecule has 0 atom stereocenters. The Labute approximate surface area is 122 Å². The summed E-state index contributed by atoms with van der Waals surface area (Å²) in [5.74, 6) is -1.78. The van der Waals surface area contributed by atoms with E-state index >= 15 is 0 Å². The Bertz CT molecular complexity index is 642. The SMILES string of the molecule is [O]c1cccc(C(F)(F)F)c1Oc1ccc(Cl)cc1Cl. The van der Waals surface area contributed by atoms with Crippen LogP contribution in [0, 0.1) is 0 Å². The lowest BCUT2D eigenvalue weighted by atomic mass is 10.2. The molecule has 0 spiro atoms. The number of hydrogen-bond donors (Lipinski definition) is 0. The van der Waals surface area contributed by atoms with E-state index in [4.69, 9.17) is 27.9 Å². The summed E-state index contributed by atoms with van der Waals surface area (Å²) in [4.78, 5) is 0. The summed E-state index contributed by atoms with van der Waals surface area (Å²) in [6, 6.07) is 6.75. The van der Waals surface area contributed by atoms with Gasteiger partial charge in [0.2, 0.25) is 5.75 Å². The van der Waals surface area contributed by atoms with Crippen LogP contribution in [0.3, 0.4) is 0 Å². The van der Waals surface area contributed by atoms with E-state index in [2.05, 4.69) is 0 Å². The molecule has 20 heavy (non-hydrogen) atoms. The molecule has 2 aromatic rings. The van der Waals surface area contributed by atoms with E-state index < -0.39 is 23.2 Å². The lowest BCUT2D eigenvalue weighted by Crippen LogP contribution is -2.07. The fraction of sp³-hybridized carbons (Fsp3) is 0.0769. The summed E-state index contributed by atoms with van der Waals surface area (Å²) in [5.41, 5.74) is -1.16. The predicted octanol–water partition coefficient (Wildman–Crippen LogP) is 5.95. The molecule has 105 valence electrons. The van der Waals surface area contributed by atoms with Gasteiger partial charge in [0, 0.05) is 5.02 Å². The summed E-state index contributed by atoms with van der Waals surface area (Å²) in [6.45, 7) is 0. The van der Waals surface area contributed by atoms with Crippen molar-refractivity contribution in [3.63, 3.8) is 0 Å². The first-order valence-corrected chi connectivity index (χ1v) is 6.05. The number of hydrogen-bond acceptors (Lipinski definition) is 1. The number of benzene rings is 2. The maximum Gasteiger partial charge on any atom is 0.420 e. The van der Waals surface area contributed by atoms with Crippen LogP contribution >= 0.6 is 23.2 Å². The quantitative estimate of drug-likeness (QED) is 0.672. The summed E-state index contributed by atoms with van der Waals surface area (Å²) in [7, 11) is 0. The Balaban J connectivity index is 2.48. The molecule has 0 saturated carbocycles. The van der Waals surface area contributed by atoms with Gasteiger partial charge in [-0.25, -0.2) is 0 Å². The van der Waals surface area contributed by atoms with E-state index in [-0.39, 0.29) is 10.8 Å². The minimum Gasteiger partial charge on any atom is -0.451 e. The third kappa shape index (κ3) is 3.11. The Hall–Kier alpha value is -1.59. The summed E-state index contributed by atoms with van der Waals surface area (Å²) >= 11 is 11.5. The van der Waals surface area contributed by atoms with Crippen molar-refractivity contribution in [2.75, 3.05) is 0 Å². The summed E-state index contributed by atoms with van der Waals surface area (Å²) in [5, 5.41) is 11.9. The highest BCUT2D eigenvalue weighted by Gasteiger charge is 2.36. The van der Waals surface area contributed by atoms with Gasteiger partial charge in [0.15, 0.2) is 5.75 Å². The predicted molar refractivity (Wildman–Crippen MR) is 68.1 cm³/mol. The van der Waals surface area contributed by atoms with Crippen molar-refractivity contribution in [3.05, 3.63) is 52.0 Å². The van der Waals surface area contributed by atoms with Crippen molar-refractivity contribution in [1.29, 1.82) is 0 Å². The van der Waals surface area contributed by atoms with Crippen LogP contribution in [-0.2, 0) is 11.3 Å². The molecule has 0 saturated heterocycles. The Kier molecular flexibility index (Phi) is 4.01. The highest BCUT2D eigenvalue weighted by molar-refractivity contribution is 6.35. The van der Waals surface area contributed by atoms with Crippen molar-refractivity contribution in [2.24, 2.45) is 0 Å². The lowest BCUT2D eigenvalue weighted by Gasteiger charge is -2.14. The van der Waals surface area contributed by atoms with Gasteiger partial charge in [0.25, 0.3) is 0 Å². The Morgan fingerprint density at radius 1 is 1.05 bits per heavy atom. The minimum atomic E-state index is -4.70. The molecule has 7 heteroatoms. The molecule has 2 nitrogen and oxygen atoms in total. The normalized spacial score (nSPS) is 11.4. The van der Waals surface area contributed by atoms with Crippen LogP contribution < -0.4 is 4.74 Å². The molecule has 0 aliphatic rings. The van der Waals surface area contributed by atoms with Crippen LogP contribution in [0.1, 0.15) is 5.56 Å². The van der Waals surface area contributed by atoms with Crippen LogP contribution in [0.2, 0.25) is 10.0 Å². The lowest BCUT2D eigenvalue weighted by molar-refractivity contribution is -0.138. The number of ether oxygens (including phenoxy) is 1. The van der Waals surface area contributed by atoms with Crippen molar-refractivity contribution in [2.45, 2.75) is 6.18 Å². The first-order chi connectivity index (χ1) is 9.29. The molecule has 0 amide bonds. The van der Waals surface area contributed by atoms with E-state index in [1.54, 1.807) is 0 Å². The second-order valence-corrected chi connectivity index (χ2v) is 4.65. The van der Waals surface area contributed by atoms with Crippen LogP contribution in [0.15, 0.2) is 36.4 Å². The molecule has 0 heterocycles. The van der Waals surface area contributed by atoms with Crippen LogP contribution in [0.25, 0.3) is 0 Å². The van der Waals surface area contributed by atoms with Crippen molar-refractivity contribution >= 4 is 23.2 Å². The van der Waals surface area contributed by atoms with Gasteiger partial charge in [-0.15, -0.1) is 0 Å². The Morgan fingerprint density at radius 3 is 2.35 bits per heavy atom. The third-order valence-corrected chi connectivity index (χ3v) is 2.92. The average molecular weight is 322 g/mol. The van der Waals surface area contributed by atoms with Gasteiger partial charge in [-0.3, -0.25) is 5.11 Å². The van der Waals surface area contributed by atoms with E-state index in [9.17, 15) is 18.3 Å². The molecule has 0 aromatic heterocycles. The molecular formula is C13H6Cl2F3O2. The fourth-order valence-corrected chi connectivity index (χ4v) is 1.96. The second kappa shape index (κ2) is 5.42. The van der Waals surface area contributed by atoms with Gasteiger partial charge in [-0.1, -0.05) is 29.3 Å². The summed E-state index contributed by atoms with van der Waals surface area (Å²) < 4.78 is 43.5. The molecule has 1 radical (unpaired) electrons. The average Bonchev–Trinajstić information content (AvgIpc) is 2.33. The van der Waals surface area contributed by atoms with Gasteiger partial charge >= 0.3 is 6.18 Å². The van der Waals surface area contributed by atoms with Crippen molar-refractivity contribution in [3.8, 4) is 17.2 Å². The monoisotopic (exact) mass is 321 g/mol. The maximum absolute atomic E-state index is 12.8. The topological polar surface area (TPSA) is 29.1 Å². The number of para-hydroxylation sites is 1. The molecule has 0 unspecified atom stereocenters. The molecule has 2 rings (SSSR count). The first-order valence-electron chi connectivity index (χ1n) is 5.29. The van der Waals surface area contributed by atoms with Crippen LogP contribution in [-0.4, -0.2) is 0 Å². The number of alkyl halides is 3. The van der Waals surface area contributed by atoms with Gasteiger partial charge < -0.3 is 4.74 Å². The first kappa shape index (κ1) is 14.8. The number of halogens is 5. The van der Waals surface area contributed by atoms with Crippen LogP contribution in [0.4, 0.5) is 13.2 Å². The van der Waals surface area contributed by atoms with E-state index in [0.29, 0.717) is 5.02 Å². The molecule has 0 fully saturated rings. The standard InChI is InChI=1S/C13H6Cl2F3O2/c14-7-4-5-11(9(15)6-7)20-12-8(13(16,17)18)2-1-3-10(12)19/h1-6H. The molecule has 2 aromatic carbocycles. The van der Waals surface area contributed by atoms with Crippen molar-refractivity contribution in [1.82, 2.24) is 0 Å². The Morgan fingerprint density at radius 2 is 1.75 bits per heavy atom. The zero-order valence-electron chi connectivity index (χ0n) is 9.67. The summed E-state index contributed by atoms with van der Waals surface area (Å²) in [6.07, 6.45) is -4.70. The zero-order valence-corrected chi connectivity index (χ0v) is 11.2. The smallest absolute Gasteiger partial charge is 0.420 e. The van der Waals surface area contributed by atoms with Crippen LogP contribution in [0.5, 0.6) is 17.2 Å². The molecule has 0 bridgehead atoms. The highest BCUT2D eigenvalue weighted by atomic mass is 35.5. The van der Waals surface area contributed by atoms with Crippen molar-refractivity contribution < 1.29 is 23.0 Å². The second-order valence-electron chi connectivity index (χ2n) is 3.81. The van der Waals surface area contributed by atoms with Gasteiger partial charge in [0.05, 0.1) is 5.02 Å². The molecule has 0 aliphatic carbocycles.